The Kier molecular flexibility index (Phi) is 8.58. The van der Waals surface area contributed by atoms with Crippen molar-refractivity contribution in [3.05, 3.63) is 65.7 Å². The number of carbonyl (C=O) groups excluding carboxylic acids is 2. The van der Waals surface area contributed by atoms with Gasteiger partial charge in [0.2, 0.25) is 11.8 Å². The molecule has 28 heavy (non-hydrogen) atoms. The second-order valence-corrected chi connectivity index (χ2v) is 8.25. The van der Waals surface area contributed by atoms with Gasteiger partial charge >= 0.3 is 0 Å². The third-order valence-corrected chi connectivity index (χ3v) is 5.35. The highest BCUT2D eigenvalue weighted by Gasteiger charge is 2.28. The van der Waals surface area contributed by atoms with Gasteiger partial charge in [-0.3, -0.25) is 9.59 Å². The van der Waals surface area contributed by atoms with Crippen molar-refractivity contribution >= 4 is 23.6 Å². The summed E-state index contributed by atoms with van der Waals surface area (Å²) in [5.41, 5.74) is 2.18. The molecule has 2 amide bonds. The lowest BCUT2D eigenvalue weighted by Gasteiger charge is -2.31. The number of rotatable bonds is 9. The van der Waals surface area contributed by atoms with Gasteiger partial charge in [-0.1, -0.05) is 55.0 Å². The van der Waals surface area contributed by atoms with E-state index in [1.54, 1.807) is 4.90 Å². The summed E-state index contributed by atoms with van der Waals surface area (Å²) < 4.78 is 0. The van der Waals surface area contributed by atoms with Crippen molar-refractivity contribution in [1.29, 1.82) is 0 Å². The van der Waals surface area contributed by atoms with Crippen molar-refractivity contribution < 1.29 is 9.59 Å². The first-order chi connectivity index (χ1) is 13.4. The first-order valence-corrected chi connectivity index (χ1v) is 10.7. The number of thioether (sulfide) groups is 1. The zero-order valence-electron chi connectivity index (χ0n) is 17.1. The van der Waals surface area contributed by atoms with Crippen molar-refractivity contribution in [3.63, 3.8) is 0 Å². The Bertz CT molecular complexity index is 777. The Morgan fingerprint density at radius 2 is 1.79 bits per heavy atom. The van der Waals surface area contributed by atoms with Gasteiger partial charge in [0.1, 0.15) is 6.04 Å². The molecule has 0 radical (unpaired) electrons. The zero-order chi connectivity index (χ0) is 20.5. The second-order valence-electron chi connectivity index (χ2n) is 7.20. The fraction of sp³-hybridized carbons (Fsp3) is 0.391. The number of nitrogens with zero attached hydrogens (tertiary/aromatic N) is 1. The van der Waals surface area contributed by atoms with Crippen LogP contribution in [0.5, 0.6) is 0 Å². The van der Waals surface area contributed by atoms with Crippen LogP contribution in [-0.4, -0.2) is 34.6 Å². The average molecular weight is 399 g/mol. The van der Waals surface area contributed by atoms with E-state index in [1.165, 1.54) is 11.8 Å². The molecule has 5 heteroatoms. The predicted molar refractivity (Wildman–Crippen MR) is 116 cm³/mol. The van der Waals surface area contributed by atoms with Crippen LogP contribution in [0.2, 0.25) is 0 Å². The molecule has 0 bridgehead atoms. The number of benzene rings is 2. The van der Waals surface area contributed by atoms with Crippen molar-refractivity contribution in [2.75, 3.05) is 5.75 Å². The second kappa shape index (κ2) is 10.9. The Morgan fingerprint density at radius 3 is 2.39 bits per heavy atom. The maximum Gasteiger partial charge on any atom is 0.243 e. The average Bonchev–Trinajstić information content (AvgIpc) is 2.66. The Labute approximate surface area is 172 Å². The molecule has 0 fully saturated rings. The molecule has 0 aromatic heterocycles. The van der Waals surface area contributed by atoms with Gasteiger partial charge in [-0.2, -0.15) is 0 Å². The summed E-state index contributed by atoms with van der Waals surface area (Å²) in [4.78, 5) is 28.6. The summed E-state index contributed by atoms with van der Waals surface area (Å²) in [6.45, 7) is 8.28. The molecule has 0 spiro atoms. The molecule has 0 aliphatic rings. The van der Waals surface area contributed by atoms with E-state index in [0.717, 1.165) is 16.0 Å². The zero-order valence-corrected chi connectivity index (χ0v) is 18.0. The normalized spacial score (nSPS) is 11.9. The van der Waals surface area contributed by atoms with Gasteiger partial charge in [0, 0.05) is 17.5 Å². The lowest BCUT2D eigenvalue weighted by molar-refractivity contribution is -0.139. The SMILES string of the molecule is CC[C@H](C(=O)NC(C)C)N(Cc1cccc(C)c1)C(=O)CSc1ccccc1. The van der Waals surface area contributed by atoms with E-state index in [1.807, 2.05) is 76.2 Å². The summed E-state index contributed by atoms with van der Waals surface area (Å²) in [5.74, 6) is 0.186. The van der Waals surface area contributed by atoms with Crippen LogP contribution in [0.1, 0.15) is 38.3 Å². The molecular formula is C23H30N2O2S. The van der Waals surface area contributed by atoms with Gasteiger partial charge in [0.25, 0.3) is 0 Å². The number of hydrogen-bond acceptors (Lipinski definition) is 3. The van der Waals surface area contributed by atoms with Crippen LogP contribution in [0.4, 0.5) is 0 Å². The maximum atomic E-state index is 13.1. The summed E-state index contributed by atoms with van der Waals surface area (Å²) in [6, 6.07) is 17.5. The molecule has 1 N–H and O–H groups in total. The molecule has 0 aliphatic carbocycles. The molecular weight excluding hydrogens is 368 g/mol. The monoisotopic (exact) mass is 398 g/mol. The number of amides is 2. The van der Waals surface area contributed by atoms with Gasteiger partial charge in [-0.25, -0.2) is 0 Å². The smallest absolute Gasteiger partial charge is 0.243 e. The van der Waals surface area contributed by atoms with Gasteiger partial charge in [0.05, 0.1) is 5.75 Å². The minimum atomic E-state index is -0.480. The van der Waals surface area contributed by atoms with E-state index in [2.05, 4.69) is 11.4 Å². The van der Waals surface area contributed by atoms with Crippen LogP contribution in [0.25, 0.3) is 0 Å². The van der Waals surface area contributed by atoms with Gasteiger partial charge in [-0.05, 0) is 44.9 Å². The molecule has 0 heterocycles. The first-order valence-electron chi connectivity index (χ1n) is 9.74. The number of aryl methyl sites for hydroxylation is 1. The van der Waals surface area contributed by atoms with Crippen LogP contribution in [0.3, 0.4) is 0 Å². The number of hydrogen-bond donors (Lipinski definition) is 1. The van der Waals surface area contributed by atoms with E-state index in [-0.39, 0.29) is 17.9 Å². The van der Waals surface area contributed by atoms with Crippen LogP contribution in [0.15, 0.2) is 59.5 Å². The molecule has 1 atom stereocenters. The van der Waals surface area contributed by atoms with Crippen LogP contribution >= 0.6 is 11.8 Å². The van der Waals surface area contributed by atoms with E-state index in [4.69, 9.17) is 0 Å². The maximum absolute atomic E-state index is 13.1. The van der Waals surface area contributed by atoms with Gasteiger partial charge < -0.3 is 10.2 Å². The molecule has 0 saturated carbocycles. The Balaban J connectivity index is 2.20. The fourth-order valence-corrected chi connectivity index (χ4v) is 3.86. The Hall–Kier alpha value is -2.27. The molecule has 0 unspecified atom stereocenters. The molecule has 2 aromatic rings. The first kappa shape index (κ1) is 22.0. The third-order valence-electron chi connectivity index (χ3n) is 4.36. The summed E-state index contributed by atoms with van der Waals surface area (Å²) in [6.07, 6.45) is 0.576. The van der Waals surface area contributed by atoms with Crippen LogP contribution in [0, 0.1) is 6.92 Å². The van der Waals surface area contributed by atoms with Crippen molar-refractivity contribution in [1.82, 2.24) is 10.2 Å². The minimum Gasteiger partial charge on any atom is -0.352 e. The van der Waals surface area contributed by atoms with E-state index >= 15 is 0 Å². The quantitative estimate of drug-likeness (QED) is 0.636. The predicted octanol–water partition coefficient (Wildman–Crippen LogP) is 4.42. The van der Waals surface area contributed by atoms with Gasteiger partial charge in [0.15, 0.2) is 0 Å². The summed E-state index contributed by atoms with van der Waals surface area (Å²) >= 11 is 1.50. The summed E-state index contributed by atoms with van der Waals surface area (Å²) in [7, 11) is 0. The molecule has 150 valence electrons. The highest BCUT2D eigenvalue weighted by Crippen LogP contribution is 2.20. The third kappa shape index (κ3) is 6.71. The molecule has 2 aromatic carbocycles. The van der Waals surface area contributed by atoms with Crippen LogP contribution in [-0.2, 0) is 16.1 Å². The standard InChI is InChI=1S/C23H30N2O2S/c1-5-21(23(27)24-17(2)3)25(15-19-11-9-10-18(4)14-19)22(26)16-28-20-12-7-6-8-13-20/h6-14,17,21H,5,15-16H2,1-4H3,(H,24,27)/t21-/m1/s1. The molecule has 0 saturated heterocycles. The van der Waals surface area contributed by atoms with Crippen LogP contribution < -0.4 is 5.32 Å². The van der Waals surface area contributed by atoms with Crippen molar-refractivity contribution in [2.24, 2.45) is 0 Å². The largest absolute Gasteiger partial charge is 0.352 e. The fourth-order valence-electron chi connectivity index (χ4n) is 3.05. The number of nitrogens with one attached hydrogen (secondary N) is 1. The highest BCUT2D eigenvalue weighted by molar-refractivity contribution is 8.00. The lowest BCUT2D eigenvalue weighted by Crippen LogP contribution is -2.50. The number of carbonyl (C=O) groups is 2. The van der Waals surface area contributed by atoms with Crippen molar-refractivity contribution in [3.8, 4) is 0 Å². The topological polar surface area (TPSA) is 49.4 Å². The van der Waals surface area contributed by atoms with E-state index in [0.29, 0.717) is 18.7 Å². The Morgan fingerprint density at radius 1 is 1.07 bits per heavy atom. The van der Waals surface area contributed by atoms with Gasteiger partial charge in [-0.15, -0.1) is 11.8 Å². The summed E-state index contributed by atoms with van der Waals surface area (Å²) in [5, 5.41) is 2.96. The molecule has 2 rings (SSSR count). The van der Waals surface area contributed by atoms with Crippen molar-refractivity contribution in [2.45, 2.75) is 57.6 Å². The highest BCUT2D eigenvalue weighted by atomic mass is 32.2. The molecule has 4 nitrogen and oxygen atoms in total. The molecule has 0 aliphatic heterocycles. The van der Waals surface area contributed by atoms with E-state index < -0.39 is 6.04 Å². The minimum absolute atomic E-state index is 0.0267. The lowest BCUT2D eigenvalue weighted by atomic mass is 10.1. The van der Waals surface area contributed by atoms with E-state index in [9.17, 15) is 9.59 Å².